The molecule has 2 rings (SSSR count). The molecule has 2 aromatic carbocycles. The summed E-state index contributed by atoms with van der Waals surface area (Å²) in [7, 11) is 0. The highest BCUT2D eigenvalue weighted by atomic mass is 17.1. The first-order valence-corrected chi connectivity index (χ1v) is 6.53. The minimum absolute atomic E-state index is 0.0318. The fourth-order valence-electron chi connectivity index (χ4n) is 2.51. The molecule has 0 bridgehead atoms. The van der Waals surface area contributed by atoms with Crippen LogP contribution < -0.4 is 19.6 Å². The van der Waals surface area contributed by atoms with E-state index in [9.17, 15) is 5.26 Å². The van der Waals surface area contributed by atoms with E-state index in [0.29, 0.717) is 27.8 Å². The van der Waals surface area contributed by atoms with Gasteiger partial charge >= 0.3 is 0 Å². The summed E-state index contributed by atoms with van der Waals surface area (Å²) in [5, 5.41) is 36.2. The Morgan fingerprint density at radius 3 is 1.83 bits per heavy atom. The van der Waals surface area contributed by atoms with E-state index in [2.05, 4.69) is 19.6 Å². The van der Waals surface area contributed by atoms with Crippen LogP contribution in [0.4, 0.5) is 0 Å². The molecule has 8 heteroatoms. The predicted octanol–water partition coefficient (Wildman–Crippen LogP) is 3.69. The third kappa shape index (κ3) is 2.76. The van der Waals surface area contributed by atoms with Crippen molar-refractivity contribution < 1.29 is 40.6 Å². The van der Waals surface area contributed by atoms with E-state index in [1.54, 1.807) is 20.8 Å². The zero-order valence-corrected chi connectivity index (χ0v) is 12.7. The Morgan fingerprint density at radius 2 is 1.30 bits per heavy atom. The summed E-state index contributed by atoms with van der Waals surface area (Å²) in [4.78, 5) is 17.3. The van der Waals surface area contributed by atoms with Crippen molar-refractivity contribution in [2.24, 2.45) is 0 Å². The Bertz CT molecular complexity index is 726. The Morgan fingerprint density at radius 1 is 0.696 bits per heavy atom. The summed E-state index contributed by atoms with van der Waals surface area (Å²) in [6, 6.07) is 4.11. The van der Waals surface area contributed by atoms with Crippen LogP contribution in [0.2, 0.25) is 0 Å². The number of benzene rings is 2. The molecule has 0 fully saturated rings. The highest BCUT2D eigenvalue weighted by molar-refractivity contribution is 5.83. The van der Waals surface area contributed by atoms with Crippen molar-refractivity contribution in [3.05, 3.63) is 34.9 Å². The molecular weight excluding hydrogens is 308 g/mol. The Labute approximate surface area is 131 Å². The summed E-state index contributed by atoms with van der Waals surface area (Å²) in [6.45, 7) is 4.98. The van der Waals surface area contributed by atoms with Gasteiger partial charge in [-0.25, -0.2) is 21.0 Å². The highest BCUT2D eigenvalue weighted by Gasteiger charge is 2.24. The van der Waals surface area contributed by atoms with Crippen LogP contribution in [-0.4, -0.2) is 21.0 Å². The van der Waals surface area contributed by atoms with Crippen LogP contribution in [-0.2, 0) is 0 Å². The maximum Gasteiger partial charge on any atom is 0.176 e. The standard InChI is InChI=1S/C15H16O8/c1-7-8(2)15(23-19)13(9(3)14(7)22-18)11-5-4-10(20-16)6-12(11)21-17/h4-6,16-19H,1-3H3. The second-order valence-electron chi connectivity index (χ2n) is 4.93. The number of hydrogen-bond acceptors (Lipinski definition) is 8. The van der Waals surface area contributed by atoms with Gasteiger partial charge in [-0.3, -0.25) is 0 Å². The summed E-state index contributed by atoms with van der Waals surface area (Å²) < 4.78 is 0. The first kappa shape index (κ1) is 16.8. The maximum absolute atomic E-state index is 9.27. The van der Waals surface area contributed by atoms with Crippen LogP contribution in [0.3, 0.4) is 0 Å². The molecule has 0 aliphatic rings. The van der Waals surface area contributed by atoms with Gasteiger partial charge in [0, 0.05) is 33.9 Å². The zero-order chi connectivity index (χ0) is 17.1. The minimum atomic E-state index is -0.0647. The third-order valence-electron chi connectivity index (χ3n) is 3.80. The van der Waals surface area contributed by atoms with Gasteiger partial charge in [-0.15, -0.1) is 0 Å². The van der Waals surface area contributed by atoms with Gasteiger partial charge < -0.3 is 19.6 Å². The van der Waals surface area contributed by atoms with Crippen molar-refractivity contribution in [3.63, 3.8) is 0 Å². The maximum atomic E-state index is 9.27. The average molecular weight is 324 g/mol. The van der Waals surface area contributed by atoms with Crippen LogP contribution in [0.25, 0.3) is 11.1 Å². The largest absolute Gasteiger partial charge is 0.340 e. The van der Waals surface area contributed by atoms with E-state index in [1.807, 2.05) is 0 Å². The smallest absolute Gasteiger partial charge is 0.176 e. The second kappa shape index (κ2) is 6.71. The van der Waals surface area contributed by atoms with E-state index in [0.717, 1.165) is 0 Å². The molecule has 23 heavy (non-hydrogen) atoms. The summed E-state index contributed by atoms with van der Waals surface area (Å²) in [5.41, 5.74) is 2.17. The van der Waals surface area contributed by atoms with Crippen LogP contribution in [0.5, 0.6) is 23.0 Å². The summed E-state index contributed by atoms with van der Waals surface area (Å²) >= 11 is 0. The first-order chi connectivity index (χ1) is 11.0. The topological polar surface area (TPSA) is 118 Å². The van der Waals surface area contributed by atoms with E-state index in [-0.39, 0.29) is 23.0 Å². The van der Waals surface area contributed by atoms with Gasteiger partial charge in [0.25, 0.3) is 0 Å². The fraction of sp³-hybridized carbons (Fsp3) is 0.200. The molecule has 0 spiro atoms. The van der Waals surface area contributed by atoms with E-state index < -0.39 is 0 Å². The fourth-order valence-corrected chi connectivity index (χ4v) is 2.51. The van der Waals surface area contributed by atoms with Crippen molar-refractivity contribution >= 4 is 0 Å². The van der Waals surface area contributed by atoms with Crippen LogP contribution >= 0.6 is 0 Å². The molecule has 0 amide bonds. The van der Waals surface area contributed by atoms with Crippen LogP contribution in [0.15, 0.2) is 18.2 Å². The lowest BCUT2D eigenvalue weighted by Crippen LogP contribution is -2.03. The van der Waals surface area contributed by atoms with Crippen LogP contribution in [0, 0.1) is 20.8 Å². The second-order valence-corrected chi connectivity index (χ2v) is 4.93. The van der Waals surface area contributed by atoms with E-state index in [1.165, 1.54) is 18.2 Å². The van der Waals surface area contributed by atoms with Gasteiger partial charge in [-0.1, -0.05) is 0 Å². The Kier molecular flexibility index (Phi) is 4.92. The quantitative estimate of drug-likeness (QED) is 0.486. The molecule has 0 unspecified atom stereocenters. The molecule has 2 aromatic rings. The van der Waals surface area contributed by atoms with Crippen molar-refractivity contribution in [2.45, 2.75) is 20.8 Å². The SMILES string of the molecule is Cc1c(C)c(OO)c(-c2ccc(OO)cc2OO)c(C)c1OO. The van der Waals surface area contributed by atoms with Crippen molar-refractivity contribution in [1.29, 1.82) is 0 Å². The third-order valence-corrected chi connectivity index (χ3v) is 3.80. The molecule has 8 nitrogen and oxygen atoms in total. The molecular formula is C15H16O8. The van der Waals surface area contributed by atoms with Gasteiger partial charge in [0.05, 0.1) is 0 Å². The Hall–Kier alpha value is -2.52. The van der Waals surface area contributed by atoms with Crippen molar-refractivity contribution in [3.8, 4) is 34.1 Å². The van der Waals surface area contributed by atoms with Gasteiger partial charge in [-0.05, 0) is 32.9 Å². The lowest BCUT2D eigenvalue weighted by Gasteiger charge is -2.19. The van der Waals surface area contributed by atoms with Gasteiger partial charge in [0.15, 0.2) is 23.0 Å². The number of hydrogen-bond donors (Lipinski definition) is 4. The molecule has 0 saturated heterocycles. The molecule has 0 aromatic heterocycles. The lowest BCUT2D eigenvalue weighted by molar-refractivity contribution is -0.144. The molecule has 4 N–H and O–H groups in total. The van der Waals surface area contributed by atoms with Crippen molar-refractivity contribution in [2.75, 3.05) is 0 Å². The predicted molar refractivity (Wildman–Crippen MR) is 79.1 cm³/mol. The molecule has 0 saturated carbocycles. The molecule has 0 aliphatic carbocycles. The molecule has 0 atom stereocenters. The normalized spacial score (nSPS) is 10.4. The van der Waals surface area contributed by atoms with E-state index >= 15 is 0 Å². The lowest BCUT2D eigenvalue weighted by atomic mass is 9.92. The molecule has 0 heterocycles. The molecule has 124 valence electrons. The zero-order valence-electron chi connectivity index (χ0n) is 12.7. The van der Waals surface area contributed by atoms with Crippen LogP contribution in [0.1, 0.15) is 16.7 Å². The first-order valence-electron chi connectivity index (χ1n) is 6.53. The van der Waals surface area contributed by atoms with Crippen molar-refractivity contribution in [1.82, 2.24) is 0 Å². The van der Waals surface area contributed by atoms with Gasteiger partial charge in [0.1, 0.15) is 0 Å². The van der Waals surface area contributed by atoms with Gasteiger partial charge in [-0.2, -0.15) is 0 Å². The summed E-state index contributed by atoms with van der Waals surface area (Å²) in [5.74, 6) is 0.260. The average Bonchev–Trinajstić information content (AvgIpc) is 2.58. The molecule has 0 radical (unpaired) electrons. The van der Waals surface area contributed by atoms with Gasteiger partial charge in [0.2, 0.25) is 0 Å². The van der Waals surface area contributed by atoms with E-state index in [4.69, 9.17) is 15.8 Å². The molecule has 0 aliphatic heterocycles. The minimum Gasteiger partial charge on any atom is -0.340 e. The highest BCUT2D eigenvalue weighted by Crippen LogP contribution is 2.46. The number of rotatable bonds is 5. The monoisotopic (exact) mass is 324 g/mol. The Balaban J connectivity index is 2.85. The summed E-state index contributed by atoms with van der Waals surface area (Å²) in [6.07, 6.45) is 0.